The number of nitrogens with one attached hydrogen (secondary N) is 2. The number of carbonyl (C=O) groups excluding carboxylic acids is 5. The van der Waals surface area contributed by atoms with Crippen LogP contribution in [-0.2, 0) is 30.9 Å². The van der Waals surface area contributed by atoms with Crippen molar-refractivity contribution in [2.75, 3.05) is 25.1 Å². The van der Waals surface area contributed by atoms with Crippen LogP contribution in [0.4, 0.5) is 5.00 Å². The van der Waals surface area contributed by atoms with Gasteiger partial charge >= 0.3 is 11.9 Å². The van der Waals surface area contributed by atoms with Crippen molar-refractivity contribution in [3.8, 4) is 5.75 Å². The normalized spacial score (nSPS) is 15.2. The minimum Gasteiger partial charge on any atom is -0.481 e. The van der Waals surface area contributed by atoms with Gasteiger partial charge in [0, 0.05) is 24.2 Å². The molecule has 0 aliphatic carbocycles. The molecule has 12 nitrogen and oxygen atoms in total. The first kappa shape index (κ1) is 26.8. The molecule has 13 heteroatoms. The molecule has 2 aromatic heterocycles. The van der Waals surface area contributed by atoms with Gasteiger partial charge in [-0.1, -0.05) is 12.1 Å². The second-order valence-corrected chi connectivity index (χ2v) is 9.18. The molecule has 38 heavy (non-hydrogen) atoms. The average molecular weight is 543 g/mol. The Morgan fingerprint density at radius 2 is 1.89 bits per heavy atom. The van der Waals surface area contributed by atoms with E-state index in [0.717, 1.165) is 11.3 Å². The summed E-state index contributed by atoms with van der Waals surface area (Å²) >= 11 is 0.994. The largest absolute Gasteiger partial charge is 0.481 e. The van der Waals surface area contributed by atoms with Crippen LogP contribution < -0.4 is 15.4 Å². The summed E-state index contributed by atoms with van der Waals surface area (Å²) in [5, 5.41) is 11.7. The van der Waals surface area contributed by atoms with E-state index in [2.05, 4.69) is 15.7 Å². The smallest absolute Gasteiger partial charge is 0.342 e. The van der Waals surface area contributed by atoms with E-state index >= 15 is 0 Å². The van der Waals surface area contributed by atoms with E-state index in [4.69, 9.17) is 14.2 Å². The van der Waals surface area contributed by atoms with Gasteiger partial charge in [0.1, 0.15) is 21.8 Å². The van der Waals surface area contributed by atoms with E-state index in [1.807, 2.05) is 0 Å². The number of fused-ring (bicyclic) bond motifs is 1. The second-order valence-electron chi connectivity index (χ2n) is 8.30. The Morgan fingerprint density at radius 3 is 2.61 bits per heavy atom. The van der Waals surface area contributed by atoms with Gasteiger partial charge in [-0.3, -0.25) is 24.4 Å². The molecule has 3 heterocycles. The highest BCUT2D eigenvalue weighted by Crippen LogP contribution is 2.34. The van der Waals surface area contributed by atoms with Crippen molar-refractivity contribution in [1.29, 1.82) is 0 Å². The summed E-state index contributed by atoms with van der Waals surface area (Å²) in [6.45, 7) is 3.07. The number of para-hydroxylation sites is 1. The number of carbonyl (C=O) groups is 5. The van der Waals surface area contributed by atoms with Gasteiger partial charge in [-0.2, -0.15) is 5.10 Å². The molecular weight excluding hydrogens is 516 g/mol. The molecule has 1 aliphatic rings. The Morgan fingerprint density at radius 1 is 1.16 bits per heavy atom. The first-order valence-corrected chi connectivity index (χ1v) is 12.8. The first-order valence-electron chi connectivity index (χ1n) is 11.9. The summed E-state index contributed by atoms with van der Waals surface area (Å²) in [6.07, 6.45) is 0.570. The lowest BCUT2D eigenvalue weighted by Gasteiger charge is -2.19. The van der Waals surface area contributed by atoms with E-state index in [1.54, 1.807) is 43.8 Å². The minimum absolute atomic E-state index is 0.00662. The summed E-state index contributed by atoms with van der Waals surface area (Å²) in [4.78, 5) is 61.5. The number of nitrogens with zero attached hydrogens (tertiary/aromatic N) is 2. The van der Waals surface area contributed by atoms with Crippen molar-refractivity contribution in [2.24, 2.45) is 7.05 Å². The fourth-order valence-electron chi connectivity index (χ4n) is 4.18. The summed E-state index contributed by atoms with van der Waals surface area (Å²) in [5.74, 6) is -2.96. The SMILES string of the molecule is CCOC(=O)c1csc(NC(=O)COc2cccc3c(C4CCC(=O)NC4=O)nn(C)c23)c1C(=O)OCC. The molecule has 1 saturated heterocycles. The van der Waals surface area contributed by atoms with Crippen LogP contribution in [0.2, 0.25) is 0 Å². The van der Waals surface area contributed by atoms with E-state index in [-0.39, 0.29) is 41.7 Å². The fourth-order valence-corrected chi connectivity index (χ4v) is 5.11. The monoisotopic (exact) mass is 542 g/mol. The molecule has 4 rings (SSSR count). The summed E-state index contributed by atoms with van der Waals surface area (Å²) < 4.78 is 17.4. The molecule has 200 valence electrons. The number of benzene rings is 1. The zero-order valence-electron chi connectivity index (χ0n) is 21.0. The van der Waals surface area contributed by atoms with Gasteiger partial charge in [-0.15, -0.1) is 11.3 Å². The molecule has 3 amide bonds. The molecule has 3 aromatic rings. The molecule has 2 N–H and O–H groups in total. The third-order valence-electron chi connectivity index (χ3n) is 5.80. The second kappa shape index (κ2) is 11.4. The Kier molecular flexibility index (Phi) is 8.05. The van der Waals surface area contributed by atoms with E-state index in [0.29, 0.717) is 28.8 Å². The number of thiophene rings is 1. The summed E-state index contributed by atoms with van der Waals surface area (Å²) in [6, 6.07) is 5.18. The van der Waals surface area contributed by atoms with Gasteiger partial charge in [0.25, 0.3) is 5.91 Å². The van der Waals surface area contributed by atoms with Crippen LogP contribution in [0.3, 0.4) is 0 Å². The standard InChI is InChI=1S/C25H26N4O8S/c1-4-35-24(33)15-12-38-23(19(15)25(34)36-5-2)27-18(31)11-37-16-8-6-7-13-20(28-29(3)21(13)16)14-9-10-17(30)26-22(14)32/h6-8,12,14H,4-5,9-11H2,1-3H3,(H,27,31)(H,26,30,32). The summed E-state index contributed by atoms with van der Waals surface area (Å²) in [7, 11) is 1.69. The maximum Gasteiger partial charge on any atom is 0.342 e. The van der Waals surface area contributed by atoms with Crippen molar-refractivity contribution >= 4 is 56.9 Å². The number of ether oxygens (including phenoxy) is 3. The third kappa shape index (κ3) is 5.37. The number of aryl methyl sites for hydroxylation is 1. The van der Waals surface area contributed by atoms with Gasteiger partial charge in [0.05, 0.1) is 30.4 Å². The number of esters is 2. The zero-order chi connectivity index (χ0) is 27.4. The molecule has 1 aromatic carbocycles. The van der Waals surface area contributed by atoms with Crippen molar-refractivity contribution in [1.82, 2.24) is 15.1 Å². The maximum absolute atomic E-state index is 12.8. The van der Waals surface area contributed by atoms with Gasteiger partial charge in [-0.05, 0) is 26.3 Å². The molecule has 0 radical (unpaired) electrons. The molecule has 0 bridgehead atoms. The van der Waals surface area contributed by atoms with Gasteiger partial charge < -0.3 is 19.5 Å². The van der Waals surface area contributed by atoms with E-state index in [9.17, 15) is 24.0 Å². The van der Waals surface area contributed by atoms with Crippen molar-refractivity contribution < 1.29 is 38.2 Å². The maximum atomic E-state index is 12.8. The zero-order valence-corrected chi connectivity index (χ0v) is 21.8. The number of hydrogen-bond donors (Lipinski definition) is 2. The number of imide groups is 1. The van der Waals surface area contributed by atoms with Gasteiger partial charge in [0.15, 0.2) is 6.61 Å². The molecule has 1 atom stereocenters. The van der Waals surface area contributed by atoms with Crippen LogP contribution in [0, 0.1) is 0 Å². The lowest BCUT2D eigenvalue weighted by Crippen LogP contribution is -2.39. The lowest BCUT2D eigenvalue weighted by atomic mass is 9.93. The first-order chi connectivity index (χ1) is 18.2. The third-order valence-corrected chi connectivity index (χ3v) is 6.70. The number of rotatable bonds is 9. The van der Waals surface area contributed by atoms with Crippen molar-refractivity contribution in [3.63, 3.8) is 0 Å². The van der Waals surface area contributed by atoms with E-state index < -0.39 is 36.3 Å². The van der Waals surface area contributed by atoms with Crippen LogP contribution >= 0.6 is 11.3 Å². The molecule has 1 aliphatic heterocycles. The Labute approximate surface area is 221 Å². The fraction of sp³-hybridized carbons (Fsp3) is 0.360. The Bertz CT molecular complexity index is 1430. The van der Waals surface area contributed by atoms with Crippen LogP contribution in [0.15, 0.2) is 23.6 Å². The number of amides is 3. The van der Waals surface area contributed by atoms with Crippen molar-refractivity contribution in [2.45, 2.75) is 32.6 Å². The number of hydrogen-bond acceptors (Lipinski definition) is 10. The van der Waals surface area contributed by atoms with Crippen molar-refractivity contribution in [3.05, 3.63) is 40.4 Å². The molecule has 1 fully saturated rings. The average Bonchev–Trinajstić information content (AvgIpc) is 3.44. The molecular formula is C25H26N4O8S. The Balaban J connectivity index is 1.53. The number of anilines is 1. The molecule has 0 saturated carbocycles. The Hall–Kier alpha value is -4.26. The van der Waals surface area contributed by atoms with Gasteiger partial charge in [0.2, 0.25) is 11.8 Å². The van der Waals surface area contributed by atoms with Crippen LogP contribution in [0.5, 0.6) is 5.75 Å². The highest BCUT2D eigenvalue weighted by molar-refractivity contribution is 7.15. The highest BCUT2D eigenvalue weighted by atomic mass is 32.1. The number of piperidine rings is 1. The van der Waals surface area contributed by atoms with Crippen LogP contribution in [0.1, 0.15) is 59.0 Å². The minimum atomic E-state index is -0.756. The topological polar surface area (TPSA) is 155 Å². The predicted octanol–water partition coefficient (Wildman–Crippen LogP) is 2.53. The van der Waals surface area contributed by atoms with E-state index in [1.165, 1.54) is 5.38 Å². The van der Waals surface area contributed by atoms with Crippen LogP contribution in [-0.4, -0.2) is 59.3 Å². The predicted molar refractivity (Wildman–Crippen MR) is 136 cm³/mol. The highest BCUT2D eigenvalue weighted by Gasteiger charge is 2.32. The molecule has 1 unspecified atom stereocenters. The lowest BCUT2D eigenvalue weighted by molar-refractivity contribution is -0.134. The summed E-state index contributed by atoms with van der Waals surface area (Å²) in [5.41, 5.74) is 1.03. The molecule has 0 spiro atoms. The van der Waals surface area contributed by atoms with Gasteiger partial charge in [-0.25, -0.2) is 9.59 Å². The number of aromatic nitrogens is 2. The van der Waals surface area contributed by atoms with Crippen LogP contribution in [0.25, 0.3) is 10.9 Å². The quantitative estimate of drug-likeness (QED) is 0.306.